The number of rotatable bonds is 6. The van der Waals surface area contributed by atoms with Gasteiger partial charge in [0.2, 0.25) is 0 Å². The van der Waals surface area contributed by atoms with Crippen LogP contribution in [0.5, 0.6) is 5.75 Å². The number of hydrogen-bond acceptors (Lipinski definition) is 2. The van der Waals surface area contributed by atoms with Crippen LogP contribution in [-0.2, 0) is 17.9 Å². The SMILES string of the molecule is CC.CC.COCCn1c2ccccc2c2c(OCc3ccccc3)cccc21. The highest BCUT2D eigenvalue weighted by atomic mass is 16.5. The predicted octanol–water partition coefficient (Wildman–Crippen LogP) is 7.07. The minimum absolute atomic E-state index is 0.567. The van der Waals surface area contributed by atoms with E-state index in [4.69, 9.17) is 9.47 Å². The minimum Gasteiger partial charge on any atom is -0.488 e. The van der Waals surface area contributed by atoms with Gasteiger partial charge in [-0.15, -0.1) is 0 Å². The maximum absolute atomic E-state index is 6.19. The van der Waals surface area contributed by atoms with E-state index in [0.29, 0.717) is 13.2 Å². The Morgan fingerprint density at radius 1 is 0.724 bits per heavy atom. The van der Waals surface area contributed by atoms with E-state index >= 15 is 0 Å². The molecule has 1 aromatic heterocycles. The van der Waals surface area contributed by atoms with Crippen molar-refractivity contribution in [3.63, 3.8) is 0 Å². The monoisotopic (exact) mass is 391 g/mol. The topological polar surface area (TPSA) is 23.4 Å². The fourth-order valence-electron chi connectivity index (χ4n) is 3.34. The molecule has 3 heteroatoms. The summed E-state index contributed by atoms with van der Waals surface area (Å²) < 4.78 is 13.8. The second-order valence-electron chi connectivity index (χ2n) is 6.09. The molecular formula is C26H33NO2. The molecule has 0 saturated carbocycles. The Hall–Kier alpha value is -2.78. The minimum atomic E-state index is 0.567. The highest BCUT2D eigenvalue weighted by molar-refractivity contribution is 6.11. The normalized spacial score (nSPS) is 10.1. The quantitative estimate of drug-likeness (QED) is 0.351. The Balaban J connectivity index is 0.000000707. The summed E-state index contributed by atoms with van der Waals surface area (Å²) in [6, 6.07) is 25.0. The molecule has 3 nitrogen and oxygen atoms in total. The number of methoxy groups -OCH3 is 1. The summed E-state index contributed by atoms with van der Waals surface area (Å²) in [5, 5.41) is 2.39. The number of para-hydroxylation sites is 1. The van der Waals surface area contributed by atoms with Crippen LogP contribution in [0.25, 0.3) is 21.8 Å². The van der Waals surface area contributed by atoms with Crippen LogP contribution in [0.15, 0.2) is 72.8 Å². The van der Waals surface area contributed by atoms with E-state index in [1.807, 2.05) is 45.9 Å². The van der Waals surface area contributed by atoms with Crippen molar-refractivity contribution in [3.8, 4) is 5.75 Å². The summed E-state index contributed by atoms with van der Waals surface area (Å²) in [6.45, 7) is 10.1. The van der Waals surface area contributed by atoms with E-state index in [2.05, 4.69) is 59.2 Å². The molecule has 29 heavy (non-hydrogen) atoms. The summed E-state index contributed by atoms with van der Waals surface area (Å²) in [4.78, 5) is 0. The van der Waals surface area contributed by atoms with Crippen molar-refractivity contribution in [3.05, 3.63) is 78.4 Å². The van der Waals surface area contributed by atoms with Crippen molar-refractivity contribution in [2.24, 2.45) is 0 Å². The molecule has 0 amide bonds. The van der Waals surface area contributed by atoms with E-state index in [1.165, 1.54) is 27.4 Å². The first-order valence-corrected chi connectivity index (χ1v) is 10.5. The van der Waals surface area contributed by atoms with Gasteiger partial charge in [0, 0.05) is 29.9 Å². The van der Waals surface area contributed by atoms with Gasteiger partial charge in [-0.3, -0.25) is 0 Å². The Morgan fingerprint density at radius 3 is 2.10 bits per heavy atom. The molecule has 0 bridgehead atoms. The van der Waals surface area contributed by atoms with Gasteiger partial charge >= 0.3 is 0 Å². The third-order valence-electron chi connectivity index (χ3n) is 4.52. The molecule has 0 radical (unpaired) electrons. The lowest BCUT2D eigenvalue weighted by Gasteiger charge is -2.09. The Labute approximate surface area is 174 Å². The summed E-state index contributed by atoms with van der Waals surface area (Å²) in [7, 11) is 1.74. The largest absolute Gasteiger partial charge is 0.488 e. The number of aromatic nitrogens is 1. The lowest BCUT2D eigenvalue weighted by molar-refractivity contribution is 0.189. The van der Waals surface area contributed by atoms with E-state index < -0.39 is 0 Å². The van der Waals surface area contributed by atoms with Gasteiger partial charge in [-0.2, -0.15) is 0 Å². The molecule has 0 saturated heterocycles. The van der Waals surface area contributed by atoms with Crippen LogP contribution in [-0.4, -0.2) is 18.3 Å². The van der Waals surface area contributed by atoms with Gasteiger partial charge in [0.25, 0.3) is 0 Å². The van der Waals surface area contributed by atoms with Crippen molar-refractivity contribution < 1.29 is 9.47 Å². The van der Waals surface area contributed by atoms with Gasteiger partial charge in [0.1, 0.15) is 12.4 Å². The predicted molar refractivity (Wildman–Crippen MR) is 125 cm³/mol. The number of ether oxygens (including phenoxy) is 2. The van der Waals surface area contributed by atoms with Crippen LogP contribution < -0.4 is 4.74 Å². The first-order valence-electron chi connectivity index (χ1n) is 10.5. The van der Waals surface area contributed by atoms with Crippen molar-refractivity contribution in [1.82, 2.24) is 4.57 Å². The molecule has 4 rings (SSSR count). The zero-order chi connectivity index (χ0) is 21.1. The second kappa shape index (κ2) is 11.9. The molecular weight excluding hydrogens is 358 g/mol. The summed E-state index contributed by atoms with van der Waals surface area (Å²) in [6.07, 6.45) is 0. The molecule has 0 aliphatic heterocycles. The fraction of sp³-hybridized carbons (Fsp3) is 0.308. The van der Waals surface area contributed by atoms with Gasteiger partial charge in [-0.05, 0) is 23.8 Å². The standard InChI is InChI=1S/C22H21NO2.2C2H6/c1-24-15-14-23-19-11-6-5-10-18(19)22-20(23)12-7-13-21(22)25-16-17-8-3-2-4-9-17;2*1-2/h2-13H,14-16H2,1H3;2*1-2H3. The Bertz CT molecular complexity index is 990. The van der Waals surface area contributed by atoms with Gasteiger partial charge in [-0.1, -0.05) is 82.3 Å². The van der Waals surface area contributed by atoms with E-state index in [0.717, 1.165) is 12.3 Å². The average molecular weight is 392 g/mol. The molecule has 0 N–H and O–H groups in total. The van der Waals surface area contributed by atoms with Gasteiger partial charge < -0.3 is 14.0 Å². The maximum atomic E-state index is 6.19. The second-order valence-corrected chi connectivity index (χ2v) is 6.09. The van der Waals surface area contributed by atoms with Crippen molar-refractivity contribution >= 4 is 21.8 Å². The van der Waals surface area contributed by atoms with Gasteiger partial charge in [0.05, 0.1) is 12.1 Å². The first-order chi connectivity index (χ1) is 14.4. The lowest BCUT2D eigenvalue weighted by atomic mass is 10.1. The van der Waals surface area contributed by atoms with Crippen LogP contribution >= 0.6 is 0 Å². The van der Waals surface area contributed by atoms with Crippen LogP contribution in [0.1, 0.15) is 33.3 Å². The number of benzene rings is 3. The van der Waals surface area contributed by atoms with E-state index in [9.17, 15) is 0 Å². The summed E-state index contributed by atoms with van der Waals surface area (Å²) in [5.41, 5.74) is 3.57. The highest BCUT2D eigenvalue weighted by Gasteiger charge is 2.14. The Kier molecular flexibility index (Phi) is 9.26. The van der Waals surface area contributed by atoms with Gasteiger partial charge in [-0.25, -0.2) is 0 Å². The molecule has 0 fully saturated rings. The van der Waals surface area contributed by atoms with Crippen LogP contribution in [0.3, 0.4) is 0 Å². The fourth-order valence-corrected chi connectivity index (χ4v) is 3.34. The zero-order valence-electron chi connectivity index (χ0n) is 18.3. The maximum Gasteiger partial charge on any atom is 0.129 e. The summed E-state index contributed by atoms with van der Waals surface area (Å²) in [5.74, 6) is 0.925. The molecule has 0 aliphatic rings. The first kappa shape index (κ1) is 22.5. The highest BCUT2D eigenvalue weighted by Crippen LogP contribution is 2.35. The molecule has 3 aromatic carbocycles. The van der Waals surface area contributed by atoms with E-state index in [1.54, 1.807) is 7.11 Å². The van der Waals surface area contributed by atoms with Crippen LogP contribution in [0.4, 0.5) is 0 Å². The third-order valence-corrected chi connectivity index (χ3v) is 4.52. The average Bonchev–Trinajstić information content (AvgIpc) is 3.14. The van der Waals surface area contributed by atoms with E-state index in [-0.39, 0.29) is 0 Å². The van der Waals surface area contributed by atoms with Crippen molar-refractivity contribution in [1.29, 1.82) is 0 Å². The van der Waals surface area contributed by atoms with Crippen LogP contribution in [0.2, 0.25) is 0 Å². The molecule has 4 aromatic rings. The lowest BCUT2D eigenvalue weighted by Crippen LogP contribution is -2.03. The Morgan fingerprint density at radius 2 is 1.38 bits per heavy atom. The molecule has 154 valence electrons. The molecule has 0 aliphatic carbocycles. The summed E-state index contributed by atoms with van der Waals surface area (Å²) >= 11 is 0. The number of nitrogens with zero attached hydrogens (tertiary/aromatic N) is 1. The zero-order valence-corrected chi connectivity index (χ0v) is 18.3. The van der Waals surface area contributed by atoms with Gasteiger partial charge in [0.15, 0.2) is 0 Å². The molecule has 0 atom stereocenters. The van der Waals surface area contributed by atoms with Crippen molar-refractivity contribution in [2.45, 2.75) is 40.8 Å². The number of fused-ring (bicyclic) bond motifs is 3. The molecule has 0 spiro atoms. The third kappa shape index (κ3) is 5.18. The van der Waals surface area contributed by atoms with Crippen LogP contribution in [0, 0.1) is 0 Å². The number of hydrogen-bond donors (Lipinski definition) is 0. The van der Waals surface area contributed by atoms with Crippen molar-refractivity contribution in [2.75, 3.05) is 13.7 Å². The molecule has 1 heterocycles. The molecule has 0 unspecified atom stereocenters. The smallest absolute Gasteiger partial charge is 0.129 e.